The van der Waals surface area contributed by atoms with Gasteiger partial charge in [0.2, 0.25) is 0 Å². The Labute approximate surface area is 84.2 Å². The van der Waals surface area contributed by atoms with Gasteiger partial charge in [-0.2, -0.15) is 9.79 Å². The van der Waals surface area contributed by atoms with E-state index in [1.807, 2.05) is 13.0 Å². The molecule has 0 radical (unpaired) electrons. The molecule has 0 atom stereocenters. The van der Waals surface area contributed by atoms with Crippen LogP contribution < -0.4 is 5.30 Å². The Morgan fingerprint density at radius 3 is 2.50 bits per heavy atom. The number of rotatable bonds is 4. The monoisotopic (exact) mass is 213 g/mol. The van der Waals surface area contributed by atoms with Crippen molar-refractivity contribution in [2.24, 2.45) is 0 Å². The second-order valence-electron chi connectivity index (χ2n) is 2.77. The van der Waals surface area contributed by atoms with Crippen LogP contribution in [0.3, 0.4) is 0 Å². The third-order valence-electron chi connectivity index (χ3n) is 1.63. The number of allylic oxidation sites excluding steroid dienone is 1. The van der Waals surface area contributed by atoms with Gasteiger partial charge in [-0.1, -0.05) is 25.1 Å². The van der Waals surface area contributed by atoms with Crippen LogP contribution in [0.4, 0.5) is 0 Å². The van der Waals surface area contributed by atoms with Crippen molar-refractivity contribution in [3.63, 3.8) is 0 Å². The average Bonchev–Trinajstić information content (AvgIpc) is 2.19. The van der Waals surface area contributed by atoms with E-state index in [4.69, 9.17) is 4.52 Å². The second-order valence-corrected chi connectivity index (χ2v) is 4.58. The van der Waals surface area contributed by atoms with E-state index in [1.165, 1.54) is 6.26 Å². The molecule has 0 fully saturated rings. The molecular weight excluding hydrogens is 199 g/mol. The van der Waals surface area contributed by atoms with Crippen molar-refractivity contribution in [2.45, 2.75) is 13.3 Å². The van der Waals surface area contributed by atoms with Gasteiger partial charge in [-0.25, -0.2) is 0 Å². The Balaban J connectivity index is 2.70. The van der Waals surface area contributed by atoms with Gasteiger partial charge in [-0.05, 0) is 24.6 Å². The summed E-state index contributed by atoms with van der Waals surface area (Å²) in [5.41, 5.74) is 0. The molecule has 0 saturated heterocycles. The molecule has 0 aliphatic heterocycles. The van der Waals surface area contributed by atoms with E-state index < -0.39 is 7.94 Å². The first kappa shape index (κ1) is 11.2. The Kier molecular flexibility index (Phi) is 4.08. The second kappa shape index (κ2) is 5.11. The molecule has 0 aromatic heterocycles. The molecule has 14 heavy (non-hydrogen) atoms. The van der Waals surface area contributed by atoms with E-state index in [1.54, 1.807) is 30.3 Å². The van der Waals surface area contributed by atoms with E-state index in [-0.39, 0.29) is 0 Å². The van der Waals surface area contributed by atoms with Crippen molar-refractivity contribution in [2.75, 3.05) is 0 Å². The van der Waals surface area contributed by atoms with Crippen LogP contribution in [0.15, 0.2) is 42.7 Å². The number of benzene rings is 1. The summed E-state index contributed by atoms with van der Waals surface area (Å²) in [4.78, 5) is 19.2. The van der Waals surface area contributed by atoms with Crippen LogP contribution in [0, 0.1) is 0 Å². The van der Waals surface area contributed by atoms with Crippen LogP contribution in [0.2, 0.25) is 0 Å². The van der Waals surface area contributed by atoms with E-state index in [2.05, 4.69) is 0 Å². The molecule has 0 saturated carbocycles. The minimum atomic E-state index is -3.41. The predicted octanol–water partition coefficient (Wildman–Crippen LogP) is 2.00. The molecule has 4 heteroatoms. The Morgan fingerprint density at radius 1 is 1.29 bits per heavy atom. The highest BCUT2D eigenvalue weighted by molar-refractivity contribution is 7.67. The highest BCUT2D eigenvalue weighted by Crippen LogP contribution is 2.49. The first-order chi connectivity index (χ1) is 6.67. The molecule has 0 amide bonds. The molecule has 0 bridgehead atoms. The topological polar surface area (TPSA) is 49.7 Å². The maximum atomic E-state index is 9.61. The number of hydrogen-bond donors (Lipinski definition) is 2. The molecule has 0 heterocycles. The van der Waals surface area contributed by atoms with Crippen molar-refractivity contribution < 1.29 is 14.3 Å². The van der Waals surface area contributed by atoms with Gasteiger partial charge in [0.25, 0.3) is 0 Å². The standard InChI is InChI=1S/C10H14O3P/c1-2-3-9-13-14(11,12)10-7-5-4-6-8-10/h3-9,11-12H,2H2,1H3/q+1. The summed E-state index contributed by atoms with van der Waals surface area (Å²) in [6.45, 7) is 1.94. The summed E-state index contributed by atoms with van der Waals surface area (Å²) in [6, 6.07) is 8.55. The van der Waals surface area contributed by atoms with Gasteiger partial charge in [-0.15, -0.1) is 0 Å². The minimum absolute atomic E-state index is 0.417. The normalized spacial score (nSPS) is 11.9. The van der Waals surface area contributed by atoms with E-state index >= 15 is 0 Å². The van der Waals surface area contributed by atoms with Crippen LogP contribution in [-0.2, 0) is 4.52 Å². The van der Waals surface area contributed by atoms with Gasteiger partial charge in [0.1, 0.15) is 6.26 Å². The zero-order valence-electron chi connectivity index (χ0n) is 8.00. The first-order valence-corrected chi connectivity index (χ1v) is 6.01. The maximum Gasteiger partial charge on any atom is 0.486 e. The Morgan fingerprint density at radius 2 is 1.93 bits per heavy atom. The van der Waals surface area contributed by atoms with Crippen LogP contribution in [0.25, 0.3) is 0 Å². The molecule has 0 aliphatic rings. The van der Waals surface area contributed by atoms with Gasteiger partial charge in [0, 0.05) is 0 Å². The van der Waals surface area contributed by atoms with Gasteiger partial charge in [0.15, 0.2) is 5.30 Å². The number of hydrogen-bond acceptors (Lipinski definition) is 3. The average molecular weight is 213 g/mol. The molecular formula is C10H14O3P+. The van der Waals surface area contributed by atoms with Crippen LogP contribution in [0.1, 0.15) is 13.3 Å². The van der Waals surface area contributed by atoms with Crippen LogP contribution >= 0.6 is 7.94 Å². The molecule has 76 valence electrons. The first-order valence-electron chi connectivity index (χ1n) is 4.40. The zero-order valence-corrected chi connectivity index (χ0v) is 8.89. The smallest absolute Gasteiger partial charge is 0.289 e. The molecule has 0 unspecified atom stereocenters. The van der Waals surface area contributed by atoms with Gasteiger partial charge >= 0.3 is 7.94 Å². The van der Waals surface area contributed by atoms with Crippen LogP contribution in [-0.4, -0.2) is 9.79 Å². The highest BCUT2D eigenvalue weighted by Gasteiger charge is 2.38. The molecule has 1 aromatic rings. The van der Waals surface area contributed by atoms with Gasteiger partial charge in [-0.3, -0.25) is 4.52 Å². The van der Waals surface area contributed by atoms with Crippen molar-refractivity contribution in [1.82, 2.24) is 0 Å². The third-order valence-corrected chi connectivity index (χ3v) is 3.02. The Hall–Kier alpha value is -0.890. The fourth-order valence-corrected chi connectivity index (χ4v) is 1.85. The summed E-state index contributed by atoms with van der Waals surface area (Å²) in [6.07, 6.45) is 3.86. The van der Waals surface area contributed by atoms with Crippen molar-refractivity contribution in [3.8, 4) is 0 Å². The summed E-state index contributed by atoms with van der Waals surface area (Å²) >= 11 is 0. The highest BCUT2D eigenvalue weighted by atomic mass is 31.2. The molecule has 1 aromatic carbocycles. The lowest BCUT2D eigenvalue weighted by atomic mass is 10.4. The molecule has 0 spiro atoms. The van der Waals surface area contributed by atoms with E-state index in [0.29, 0.717) is 5.30 Å². The molecule has 3 nitrogen and oxygen atoms in total. The molecule has 1 rings (SSSR count). The predicted molar refractivity (Wildman–Crippen MR) is 57.9 cm³/mol. The maximum absolute atomic E-state index is 9.61. The summed E-state index contributed by atoms with van der Waals surface area (Å²) in [5.74, 6) is 0. The van der Waals surface area contributed by atoms with E-state index in [9.17, 15) is 9.79 Å². The Bertz CT molecular complexity index is 295. The lowest BCUT2D eigenvalue weighted by Crippen LogP contribution is -2.10. The lowest BCUT2D eigenvalue weighted by Gasteiger charge is -2.07. The third kappa shape index (κ3) is 3.11. The van der Waals surface area contributed by atoms with Crippen LogP contribution in [0.5, 0.6) is 0 Å². The van der Waals surface area contributed by atoms with Gasteiger partial charge in [0.05, 0.1) is 0 Å². The van der Waals surface area contributed by atoms with Crippen molar-refractivity contribution >= 4 is 13.2 Å². The fourth-order valence-electron chi connectivity index (χ4n) is 0.907. The quantitative estimate of drug-likeness (QED) is 0.594. The van der Waals surface area contributed by atoms with Crippen molar-refractivity contribution in [3.05, 3.63) is 42.7 Å². The van der Waals surface area contributed by atoms with E-state index in [0.717, 1.165) is 6.42 Å². The zero-order chi connectivity index (χ0) is 10.4. The largest absolute Gasteiger partial charge is 0.486 e. The fraction of sp³-hybridized carbons (Fsp3) is 0.200. The summed E-state index contributed by atoms with van der Waals surface area (Å²) in [7, 11) is -3.41. The van der Waals surface area contributed by atoms with Crippen molar-refractivity contribution in [1.29, 1.82) is 0 Å². The SMILES string of the molecule is CCC=CO[P+](O)(O)c1ccccc1. The summed E-state index contributed by atoms with van der Waals surface area (Å²) in [5, 5.41) is 0.417. The molecule has 2 N–H and O–H groups in total. The van der Waals surface area contributed by atoms with Gasteiger partial charge < -0.3 is 0 Å². The molecule has 0 aliphatic carbocycles. The lowest BCUT2D eigenvalue weighted by molar-refractivity contribution is 0.322. The minimum Gasteiger partial charge on any atom is -0.289 e. The summed E-state index contributed by atoms with van der Waals surface area (Å²) < 4.78 is 4.90.